The second-order valence-electron chi connectivity index (χ2n) is 3.52. The molecule has 1 aromatic carbocycles. The maximum Gasteiger partial charge on any atom is 0.322 e. The number of aromatic nitrogens is 2. The third-order valence-electron chi connectivity index (χ3n) is 2.13. The molecule has 0 unspecified atom stereocenters. The van der Waals surface area contributed by atoms with E-state index in [1.165, 1.54) is 12.1 Å². The summed E-state index contributed by atoms with van der Waals surface area (Å²) in [6.07, 6.45) is 0. The van der Waals surface area contributed by atoms with Crippen LogP contribution in [0.5, 0.6) is 11.8 Å². The predicted octanol–water partition coefficient (Wildman–Crippen LogP) is 2.18. The third kappa shape index (κ3) is 2.76. The highest BCUT2D eigenvalue weighted by atomic mass is 19.1. The molecule has 0 aliphatic heterocycles. The summed E-state index contributed by atoms with van der Waals surface area (Å²) >= 11 is 0. The molecule has 2 rings (SSSR count). The van der Waals surface area contributed by atoms with E-state index < -0.39 is 5.82 Å². The highest BCUT2D eigenvalue weighted by Gasteiger charge is 2.07. The van der Waals surface area contributed by atoms with Gasteiger partial charge >= 0.3 is 6.01 Å². The number of hydrogen-bond donors (Lipinski definition) is 1. The Morgan fingerprint density at radius 3 is 2.76 bits per heavy atom. The SMILES string of the molecule is Cc1cc(CN)nc(Oc2ccccc2F)n1. The topological polar surface area (TPSA) is 61.0 Å². The molecule has 2 N–H and O–H groups in total. The maximum atomic E-state index is 13.4. The van der Waals surface area contributed by atoms with Crippen molar-refractivity contribution in [2.75, 3.05) is 0 Å². The zero-order valence-corrected chi connectivity index (χ0v) is 9.35. The van der Waals surface area contributed by atoms with Gasteiger partial charge in [0.1, 0.15) is 0 Å². The normalized spacial score (nSPS) is 10.3. The Morgan fingerprint density at radius 2 is 2.06 bits per heavy atom. The molecule has 1 heterocycles. The van der Waals surface area contributed by atoms with Gasteiger partial charge in [0.25, 0.3) is 0 Å². The zero-order chi connectivity index (χ0) is 12.3. The minimum atomic E-state index is -0.452. The number of nitrogens with two attached hydrogens (primary N) is 1. The highest BCUT2D eigenvalue weighted by Crippen LogP contribution is 2.21. The second-order valence-corrected chi connectivity index (χ2v) is 3.52. The first-order valence-corrected chi connectivity index (χ1v) is 5.16. The van der Waals surface area contributed by atoms with Gasteiger partial charge in [-0.25, -0.2) is 9.37 Å². The minimum absolute atomic E-state index is 0.0982. The first-order valence-electron chi connectivity index (χ1n) is 5.16. The predicted molar refractivity (Wildman–Crippen MR) is 61.1 cm³/mol. The maximum absolute atomic E-state index is 13.4. The van der Waals surface area contributed by atoms with Crippen molar-refractivity contribution in [2.24, 2.45) is 5.73 Å². The van der Waals surface area contributed by atoms with E-state index in [1.807, 2.05) is 0 Å². The molecule has 0 atom stereocenters. The van der Waals surface area contributed by atoms with Crippen LogP contribution in [0, 0.1) is 12.7 Å². The van der Waals surface area contributed by atoms with Gasteiger partial charge in [-0.1, -0.05) is 12.1 Å². The van der Waals surface area contributed by atoms with Crippen LogP contribution in [0.2, 0.25) is 0 Å². The van der Waals surface area contributed by atoms with Crippen molar-refractivity contribution in [3.8, 4) is 11.8 Å². The van der Waals surface area contributed by atoms with Gasteiger partial charge in [0.05, 0.1) is 5.69 Å². The summed E-state index contributed by atoms with van der Waals surface area (Å²) in [5, 5.41) is 0. The molecule has 0 radical (unpaired) electrons. The lowest BCUT2D eigenvalue weighted by molar-refractivity contribution is 0.408. The van der Waals surface area contributed by atoms with Crippen LogP contribution >= 0.6 is 0 Å². The van der Waals surface area contributed by atoms with E-state index in [0.29, 0.717) is 5.69 Å². The van der Waals surface area contributed by atoms with E-state index in [2.05, 4.69) is 9.97 Å². The lowest BCUT2D eigenvalue weighted by Crippen LogP contribution is -2.03. The van der Waals surface area contributed by atoms with E-state index in [1.54, 1.807) is 25.1 Å². The Morgan fingerprint density at radius 1 is 1.29 bits per heavy atom. The van der Waals surface area contributed by atoms with Gasteiger partial charge in [0.15, 0.2) is 11.6 Å². The number of aryl methyl sites for hydroxylation is 1. The molecule has 0 fully saturated rings. The Bertz CT molecular complexity index is 531. The van der Waals surface area contributed by atoms with Gasteiger partial charge < -0.3 is 10.5 Å². The molecule has 2 aromatic rings. The zero-order valence-electron chi connectivity index (χ0n) is 9.35. The molecule has 88 valence electrons. The van der Waals surface area contributed by atoms with Crippen molar-refractivity contribution in [1.82, 2.24) is 9.97 Å². The van der Waals surface area contributed by atoms with Crippen LogP contribution in [-0.4, -0.2) is 9.97 Å². The number of hydrogen-bond acceptors (Lipinski definition) is 4. The average Bonchev–Trinajstić information content (AvgIpc) is 2.31. The summed E-state index contributed by atoms with van der Waals surface area (Å²) < 4.78 is 18.6. The highest BCUT2D eigenvalue weighted by molar-refractivity contribution is 5.27. The van der Waals surface area contributed by atoms with Crippen molar-refractivity contribution in [2.45, 2.75) is 13.5 Å². The number of halogens is 1. The Balaban J connectivity index is 2.30. The van der Waals surface area contributed by atoms with Crippen molar-refractivity contribution in [1.29, 1.82) is 0 Å². The fourth-order valence-corrected chi connectivity index (χ4v) is 1.38. The first-order chi connectivity index (χ1) is 8.19. The molecule has 0 spiro atoms. The lowest BCUT2D eigenvalue weighted by atomic mass is 10.3. The van der Waals surface area contributed by atoms with Crippen LogP contribution in [0.25, 0.3) is 0 Å². The molecule has 0 aliphatic carbocycles. The fraction of sp³-hybridized carbons (Fsp3) is 0.167. The summed E-state index contributed by atoms with van der Waals surface area (Å²) in [4.78, 5) is 8.13. The fourth-order valence-electron chi connectivity index (χ4n) is 1.38. The molecule has 0 amide bonds. The lowest BCUT2D eigenvalue weighted by Gasteiger charge is -2.06. The molecule has 4 nitrogen and oxygen atoms in total. The van der Waals surface area contributed by atoms with E-state index in [9.17, 15) is 4.39 Å². The largest absolute Gasteiger partial charge is 0.421 e. The summed E-state index contributed by atoms with van der Waals surface area (Å²) in [6.45, 7) is 2.09. The summed E-state index contributed by atoms with van der Waals surface area (Å²) in [7, 11) is 0. The van der Waals surface area contributed by atoms with Crippen molar-refractivity contribution in [3.63, 3.8) is 0 Å². The summed E-state index contributed by atoms with van der Waals surface area (Å²) in [5.41, 5.74) is 6.88. The van der Waals surface area contributed by atoms with Gasteiger partial charge in [0.2, 0.25) is 0 Å². The quantitative estimate of drug-likeness (QED) is 0.882. The average molecular weight is 233 g/mol. The Kier molecular flexibility index (Phi) is 3.30. The van der Waals surface area contributed by atoms with Crippen molar-refractivity contribution < 1.29 is 9.13 Å². The monoisotopic (exact) mass is 233 g/mol. The minimum Gasteiger partial charge on any atom is -0.421 e. The molecule has 0 saturated carbocycles. The standard InChI is InChI=1S/C12H12FN3O/c1-8-6-9(7-14)16-12(15-8)17-11-5-3-2-4-10(11)13/h2-6H,7,14H2,1H3. The smallest absolute Gasteiger partial charge is 0.322 e. The molecular formula is C12H12FN3O. The van der Waals surface area contributed by atoms with Gasteiger partial charge in [-0.3, -0.25) is 0 Å². The van der Waals surface area contributed by atoms with Crippen LogP contribution in [-0.2, 0) is 6.54 Å². The second kappa shape index (κ2) is 4.88. The van der Waals surface area contributed by atoms with Crippen LogP contribution in [0.3, 0.4) is 0 Å². The van der Waals surface area contributed by atoms with E-state index in [-0.39, 0.29) is 18.3 Å². The van der Waals surface area contributed by atoms with E-state index in [0.717, 1.165) is 5.69 Å². The van der Waals surface area contributed by atoms with Crippen LogP contribution < -0.4 is 10.5 Å². The molecule has 0 bridgehead atoms. The van der Waals surface area contributed by atoms with E-state index >= 15 is 0 Å². The molecule has 1 aromatic heterocycles. The van der Waals surface area contributed by atoms with Crippen LogP contribution in [0.4, 0.5) is 4.39 Å². The first kappa shape index (κ1) is 11.5. The summed E-state index contributed by atoms with van der Waals surface area (Å²) in [6, 6.07) is 7.96. The number of para-hydroxylation sites is 1. The molecule has 0 aliphatic rings. The Hall–Kier alpha value is -2.01. The van der Waals surface area contributed by atoms with Crippen molar-refractivity contribution >= 4 is 0 Å². The van der Waals surface area contributed by atoms with Gasteiger partial charge in [0, 0.05) is 12.2 Å². The number of nitrogens with zero attached hydrogens (tertiary/aromatic N) is 2. The molecule has 5 heteroatoms. The van der Waals surface area contributed by atoms with Crippen molar-refractivity contribution in [3.05, 3.63) is 47.5 Å². The van der Waals surface area contributed by atoms with Gasteiger partial charge in [-0.15, -0.1) is 0 Å². The number of ether oxygens (including phenoxy) is 1. The number of rotatable bonds is 3. The van der Waals surface area contributed by atoms with Gasteiger partial charge in [-0.2, -0.15) is 4.98 Å². The Labute approximate surface area is 98.3 Å². The molecule has 17 heavy (non-hydrogen) atoms. The molecular weight excluding hydrogens is 221 g/mol. The summed E-state index contributed by atoms with van der Waals surface area (Å²) in [5.74, 6) is -0.354. The molecule has 0 saturated heterocycles. The van der Waals surface area contributed by atoms with Crippen LogP contribution in [0.1, 0.15) is 11.4 Å². The van der Waals surface area contributed by atoms with Crippen LogP contribution in [0.15, 0.2) is 30.3 Å². The van der Waals surface area contributed by atoms with Gasteiger partial charge in [-0.05, 0) is 25.1 Å². The third-order valence-corrected chi connectivity index (χ3v) is 2.13. The number of benzene rings is 1. The van der Waals surface area contributed by atoms with E-state index in [4.69, 9.17) is 10.5 Å².